The number of halogens is 4. The molecule has 0 radical (unpaired) electrons. The summed E-state index contributed by atoms with van der Waals surface area (Å²) < 4.78 is 42.7. The van der Waals surface area contributed by atoms with E-state index in [-0.39, 0.29) is 63.2 Å². The molecule has 0 aromatic heterocycles. The van der Waals surface area contributed by atoms with Crippen LogP contribution in [-0.2, 0) is 26.2 Å². The second kappa shape index (κ2) is 10.6. The number of nitrogens with zero attached hydrogens (tertiary/aromatic N) is 1. The van der Waals surface area contributed by atoms with Crippen molar-refractivity contribution in [2.24, 2.45) is 0 Å². The molecule has 2 nitrogen and oxygen atoms in total. The summed E-state index contributed by atoms with van der Waals surface area (Å²) >= 11 is 0. The van der Waals surface area contributed by atoms with Gasteiger partial charge in [0, 0.05) is 21.7 Å². The molecule has 0 saturated heterocycles. The monoisotopic (exact) mass is 540 g/mol. The Morgan fingerprint density at radius 1 is 0.879 bits per heavy atom. The zero-order chi connectivity index (χ0) is 21.8. The zero-order valence-electron chi connectivity index (χ0n) is 19.2. The topological polar surface area (TPSA) is 17.1 Å². The Balaban J connectivity index is 0.00000181. The van der Waals surface area contributed by atoms with E-state index in [2.05, 4.69) is 20.8 Å². The van der Waals surface area contributed by atoms with Gasteiger partial charge in [0.15, 0.2) is 0 Å². The van der Waals surface area contributed by atoms with Crippen LogP contribution in [0.3, 0.4) is 0 Å². The molecule has 2 aromatic rings. The maximum Gasteiger partial charge on any atom is 0.565 e. The number of fused-ring (bicyclic) bond motifs is 4. The third-order valence-corrected chi connectivity index (χ3v) is 9.50. The minimum Gasteiger partial charge on any atom is -1.00 e. The summed E-state index contributed by atoms with van der Waals surface area (Å²) in [6.07, 6.45) is 2.28. The van der Waals surface area contributed by atoms with E-state index in [1.165, 1.54) is 0 Å². The van der Waals surface area contributed by atoms with Crippen molar-refractivity contribution in [3.8, 4) is 0 Å². The van der Waals surface area contributed by atoms with Crippen molar-refractivity contribution < 1.29 is 63.9 Å². The van der Waals surface area contributed by atoms with E-state index in [4.69, 9.17) is 0 Å². The van der Waals surface area contributed by atoms with Gasteiger partial charge in [-0.05, 0) is 54.2 Å². The third-order valence-electron chi connectivity index (χ3n) is 6.71. The molecule has 0 heterocycles. The standard InChI is InChI=1S/C25H26F2NOSi.2ClH.Ti/c1-25(2,3)28(4,5)30(29)21-15-14-20-16-10-6-7-11-17(16)23(24(26)27)19-13-9-8-12-18(19)22(20)21;;;/h6-15,21H,1-5H3;2*1H;/q+1;;;/p-2. The van der Waals surface area contributed by atoms with Gasteiger partial charge in [0.05, 0.1) is 25.2 Å². The van der Waals surface area contributed by atoms with Gasteiger partial charge >= 0.3 is 8.84 Å². The van der Waals surface area contributed by atoms with Gasteiger partial charge in [-0.1, -0.05) is 60.7 Å². The SMILES string of the molecule is CC(C)(C)[N+](C)(C)[Si](=O)C1C=CC2=C1c1ccccc1C(=C(F)F)c1ccccc12.[Cl-].[Cl-].[Ti]. The van der Waals surface area contributed by atoms with Crippen LogP contribution in [0.15, 0.2) is 66.8 Å². The average molecular weight is 541 g/mol. The minimum atomic E-state index is -2.23. The Morgan fingerprint density at radius 3 is 1.82 bits per heavy atom. The van der Waals surface area contributed by atoms with Crippen LogP contribution in [0.2, 0.25) is 5.54 Å². The Hall–Kier alpha value is -1.21. The van der Waals surface area contributed by atoms with Gasteiger partial charge in [-0.15, -0.1) is 0 Å². The van der Waals surface area contributed by atoms with Crippen LogP contribution in [0.25, 0.3) is 16.7 Å². The molecule has 0 aliphatic heterocycles. The molecule has 0 spiro atoms. The van der Waals surface area contributed by atoms with Crippen molar-refractivity contribution in [2.45, 2.75) is 31.9 Å². The van der Waals surface area contributed by atoms with Gasteiger partial charge in [0.25, 0.3) is 6.08 Å². The van der Waals surface area contributed by atoms with E-state index in [0.29, 0.717) is 15.3 Å². The first-order valence-electron chi connectivity index (χ1n) is 10.1. The van der Waals surface area contributed by atoms with Crippen molar-refractivity contribution in [3.63, 3.8) is 0 Å². The first kappa shape index (κ1) is 29.8. The molecule has 1 atom stereocenters. The van der Waals surface area contributed by atoms with Gasteiger partial charge < -0.3 is 33.4 Å². The van der Waals surface area contributed by atoms with Crippen LogP contribution in [-0.4, -0.2) is 32.6 Å². The first-order valence-corrected chi connectivity index (χ1v) is 11.5. The van der Waals surface area contributed by atoms with E-state index in [1.54, 1.807) is 24.3 Å². The molecule has 33 heavy (non-hydrogen) atoms. The molecule has 4 rings (SSSR count). The molecule has 0 amide bonds. The predicted octanol–water partition coefficient (Wildman–Crippen LogP) is 0.306. The smallest absolute Gasteiger partial charge is 0.565 e. The fourth-order valence-corrected chi connectivity index (χ4v) is 6.37. The second-order valence-electron chi connectivity index (χ2n) is 9.35. The molecule has 2 aromatic carbocycles. The number of rotatable bonds is 2. The molecular weight excluding hydrogens is 515 g/mol. The summed E-state index contributed by atoms with van der Waals surface area (Å²) in [5.41, 5.74) is 3.76. The Bertz CT molecular complexity index is 1160. The Labute approximate surface area is 223 Å². The average Bonchev–Trinajstić information content (AvgIpc) is 3.07. The summed E-state index contributed by atoms with van der Waals surface area (Å²) in [6, 6.07) is 14.6. The molecule has 0 N–H and O–H groups in total. The molecule has 0 bridgehead atoms. The number of benzene rings is 2. The van der Waals surface area contributed by atoms with Crippen molar-refractivity contribution >= 4 is 25.6 Å². The van der Waals surface area contributed by atoms with Crippen molar-refractivity contribution in [1.82, 2.24) is 0 Å². The summed E-state index contributed by atoms with van der Waals surface area (Å²) in [5.74, 6) is 0. The van der Waals surface area contributed by atoms with Crippen LogP contribution in [0.4, 0.5) is 8.78 Å². The molecule has 174 valence electrons. The molecular formula is C25H26Cl2F2NOSiTi-. The number of quaternary nitrogens is 1. The largest absolute Gasteiger partial charge is 1.00 e. The quantitative estimate of drug-likeness (QED) is 0.501. The van der Waals surface area contributed by atoms with Crippen molar-refractivity contribution in [3.05, 3.63) is 89.0 Å². The van der Waals surface area contributed by atoms with Gasteiger partial charge in [-0.3, -0.25) is 0 Å². The van der Waals surface area contributed by atoms with Crippen LogP contribution in [0.1, 0.15) is 43.0 Å². The summed E-state index contributed by atoms with van der Waals surface area (Å²) in [7, 11) is 1.77. The van der Waals surface area contributed by atoms with Crippen LogP contribution in [0, 0.1) is 0 Å². The zero-order valence-corrected chi connectivity index (χ0v) is 23.3. The molecule has 0 fully saturated rings. The van der Waals surface area contributed by atoms with Gasteiger partial charge in [0.1, 0.15) is 5.54 Å². The normalized spacial score (nSPS) is 16.3. The fourth-order valence-electron chi connectivity index (χ4n) is 4.20. The van der Waals surface area contributed by atoms with Gasteiger partial charge in [-0.25, -0.2) is 0 Å². The van der Waals surface area contributed by atoms with E-state index in [0.717, 1.165) is 22.3 Å². The van der Waals surface area contributed by atoms with E-state index >= 15 is 0 Å². The third kappa shape index (κ3) is 4.82. The van der Waals surface area contributed by atoms with Crippen molar-refractivity contribution in [1.29, 1.82) is 0 Å². The summed E-state index contributed by atoms with van der Waals surface area (Å²) in [4.78, 5) is 0. The van der Waals surface area contributed by atoms with Crippen LogP contribution >= 0.6 is 0 Å². The minimum absolute atomic E-state index is 0. The summed E-state index contributed by atoms with van der Waals surface area (Å²) in [6.45, 7) is 6.25. The molecule has 2 aliphatic rings. The number of hydrogen-bond donors (Lipinski definition) is 0. The van der Waals surface area contributed by atoms with Gasteiger partial charge in [0.2, 0.25) is 0 Å². The fraction of sp³-hybridized carbons (Fsp3) is 0.280. The maximum atomic E-state index is 14.2. The van der Waals surface area contributed by atoms with Crippen molar-refractivity contribution in [2.75, 3.05) is 14.1 Å². The number of allylic oxidation sites excluding steroid dienone is 4. The molecule has 8 heteroatoms. The molecule has 1 unspecified atom stereocenters. The molecule has 2 aliphatic carbocycles. The van der Waals surface area contributed by atoms with Crippen LogP contribution in [0.5, 0.6) is 0 Å². The Morgan fingerprint density at radius 2 is 1.33 bits per heavy atom. The predicted molar refractivity (Wildman–Crippen MR) is 119 cm³/mol. The van der Waals surface area contributed by atoms with E-state index in [1.807, 2.05) is 50.5 Å². The summed E-state index contributed by atoms with van der Waals surface area (Å²) in [5, 5.41) is 0. The maximum absolute atomic E-state index is 14.2. The molecule has 0 saturated carbocycles. The van der Waals surface area contributed by atoms with Crippen LogP contribution < -0.4 is 24.8 Å². The van der Waals surface area contributed by atoms with E-state index in [9.17, 15) is 13.2 Å². The number of hydrogen-bond acceptors (Lipinski definition) is 1. The van der Waals surface area contributed by atoms with Gasteiger partial charge in [-0.2, -0.15) is 8.78 Å². The Kier molecular flexibility index (Phi) is 9.57. The first-order chi connectivity index (χ1) is 14.1. The second-order valence-corrected chi connectivity index (χ2v) is 11.8. The van der Waals surface area contributed by atoms with E-state index < -0.39 is 14.9 Å².